The molecule has 1 N–H and O–H groups in total. The predicted octanol–water partition coefficient (Wildman–Crippen LogP) is 2.59. The normalized spacial score (nSPS) is 25.4. The van der Waals surface area contributed by atoms with Gasteiger partial charge < -0.3 is 14.6 Å². The molecule has 19 heavy (non-hydrogen) atoms. The molecule has 2 rings (SSSR count). The molecule has 108 valence electrons. The van der Waals surface area contributed by atoms with Crippen molar-refractivity contribution in [3.63, 3.8) is 0 Å². The summed E-state index contributed by atoms with van der Waals surface area (Å²) in [6, 6.07) is 0. The first kappa shape index (κ1) is 14.5. The molecule has 1 aromatic rings. The van der Waals surface area contributed by atoms with E-state index in [2.05, 4.69) is 29.3 Å². The highest BCUT2D eigenvalue weighted by molar-refractivity contribution is 5.08. The summed E-state index contributed by atoms with van der Waals surface area (Å²) < 4.78 is 11.2. The van der Waals surface area contributed by atoms with Gasteiger partial charge in [0, 0.05) is 13.2 Å². The predicted molar refractivity (Wildman–Crippen MR) is 73.0 cm³/mol. The van der Waals surface area contributed by atoms with Crippen LogP contribution >= 0.6 is 0 Å². The molecule has 1 aliphatic heterocycles. The number of piperidine rings is 1. The third kappa shape index (κ3) is 2.98. The zero-order valence-electron chi connectivity index (χ0n) is 12.2. The fraction of sp³-hybridized carbons (Fsp3) is 0.857. The minimum Gasteiger partial charge on any atom is -0.370 e. The van der Waals surface area contributed by atoms with Crippen LogP contribution in [0.15, 0.2) is 4.52 Å². The van der Waals surface area contributed by atoms with Crippen LogP contribution in [0.5, 0.6) is 0 Å². The number of aromatic nitrogens is 2. The van der Waals surface area contributed by atoms with Crippen LogP contribution in [-0.4, -0.2) is 29.8 Å². The van der Waals surface area contributed by atoms with Gasteiger partial charge in [0.05, 0.1) is 5.41 Å². The zero-order valence-corrected chi connectivity index (χ0v) is 12.2. The maximum absolute atomic E-state index is 5.64. The van der Waals surface area contributed by atoms with Gasteiger partial charge in [-0.05, 0) is 39.2 Å². The molecule has 0 spiro atoms. The second kappa shape index (κ2) is 6.48. The number of nitrogens with zero attached hydrogens (tertiary/aromatic N) is 2. The Hall–Kier alpha value is -0.940. The Balaban J connectivity index is 2.18. The first-order valence-corrected chi connectivity index (χ1v) is 7.42. The smallest absolute Gasteiger partial charge is 0.234 e. The molecule has 0 saturated carbocycles. The molecule has 0 aliphatic carbocycles. The Bertz CT molecular complexity index is 386. The van der Waals surface area contributed by atoms with Crippen molar-refractivity contribution in [2.75, 3.05) is 19.7 Å². The maximum Gasteiger partial charge on any atom is 0.234 e. The molecule has 1 aliphatic rings. The molecule has 0 amide bonds. The molecule has 1 fully saturated rings. The van der Waals surface area contributed by atoms with Gasteiger partial charge in [-0.15, -0.1) is 0 Å². The van der Waals surface area contributed by atoms with Gasteiger partial charge in [-0.25, -0.2) is 0 Å². The van der Waals surface area contributed by atoms with Gasteiger partial charge in [-0.3, -0.25) is 0 Å². The van der Waals surface area contributed by atoms with E-state index >= 15 is 0 Å². The molecular formula is C14H25N3O2. The number of nitrogens with one attached hydrogen (secondary N) is 1. The molecule has 2 atom stereocenters. The second-order valence-electron chi connectivity index (χ2n) is 5.22. The molecule has 2 heterocycles. The van der Waals surface area contributed by atoms with Gasteiger partial charge in [0.15, 0.2) is 0 Å². The number of rotatable bonds is 6. The maximum atomic E-state index is 5.64. The van der Waals surface area contributed by atoms with Gasteiger partial charge in [0.2, 0.25) is 11.7 Å². The van der Waals surface area contributed by atoms with Gasteiger partial charge in [-0.1, -0.05) is 19.0 Å². The van der Waals surface area contributed by atoms with E-state index in [1.807, 2.05) is 6.92 Å². The van der Waals surface area contributed by atoms with E-state index in [0.29, 0.717) is 12.4 Å². The first-order chi connectivity index (χ1) is 9.25. The third-order valence-corrected chi connectivity index (χ3v) is 4.07. The number of hydrogen-bond acceptors (Lipinski definition) is 5. The lowest BCUT2D eigenvalue weighted by molar-refractivity contribution is 0.0518. The van der Waals surface area contributed by atoms with Crippen LogP contribution < -0.4 is 5.32 Å². The summed E-state index contributed by atoms with van der Waals surface area (Å²) in [5.74, 6) is 1.47. The standard InChI is InChI=1S/C14H25N3O2/c1-4-11(18-6-3)12-16-13(19-17-12)14(5-2)8-7-9-15-10-14/h11,15H,4-10H2,1-3H3. The number of hydrogen-bond donors (Lipinski definition) is 1. The summed E-state index contributed by atoms with van der Waals surface area (Å²) >= 11 is 0. The van der Waals surface area contributed by atoms with Gasteiger partial charge in [0.1, 0.15) is 6.10 Å². The SMILES string of the molecule is CCOC(CC)c1noc(C2(CC)CCCNC2)n1. The number of ether oxygens (including phenoxy) is 1. The van der Waals surface area contributed by atoms with Crippen molar-refractivity contribution in [3.05, 3.63) is 11.7 Å². The van der Waals surface area contributed by atoms with Crippen molar-refractivity contribution in [2.24, 2.45) is 0 Å². The molecular weight excluding hydrogens is 242 g/mol. The average molecular weight is 267 g/mol. The van der Waals surface area contributed by atoms with Crippen molar-refractivity contribution < 1.29 is 9.26 Å². The van der Waals surface area contributed by atoms with Crippen molar-refractivity contribution >= 4 is 0 Å². The van der Waals surface area contributed by atoms with Crippen LogP contribution in [0.3, 0.4) is 0 Å². The minimum absolute atomic E-state index is 0.00794. The summed E-state index contributed by atoms with van der Waals surface area (Å²) in [6.07, 6.45) is 4.11. The van der Waals surface area contributed by atoms with E-state index in [4.69, 9.17) is 9.26 Å². The van der Waals surface area contributed by atoms with Crippen LogP contribution in [0.25, 0.3) is 0 Å². The summed E-state index contributed by atoms with van der Waals surface area (Å²) in [4.78, 5) is 4.62. The van der Waals surface area contributed by atoms with Crippen LogP contribution in [0.2, 0.25) is 0 Å². The molecule has 2 unspecified atom stereocenters. The highest BCUT2D eigenvalue weighted by Crippen LogP contribution is 2.34. The molecule has 1 saturated heterocycles. The summed E-state index contributed by atoms with van der Waals surface area (Å²) in [5.41, 5.74) is 0.00794. The van der Waals surface area contributed by atoms with Crippen molar-refractivity contribution in [1.29, 1.82) is 0 Å². The Morgan fingerprint density at radius 1 is 1.42 bits per heavy atom. The molecule has 1 aromatic heterocycles. The van der Waals surface area contributed by atoms with E-state index in [-0.39, 0.29) is 11.5 Å². The van der Waals surface area contributed by atoms with E-state index in [1.54, 1.807) is 0 Å². The molecule has 0 aromatic carbocycles. The van der Waals surface area contributed by atoms with Crippen LogP contribution in [0.1, 0.15) is 64.3 Å². The minimum atomic E-state index is -0.0482. The Kier molecular flexibility index (Phi) is 4.93. The Morgan fingerprint density at radius 3 is 2.84 bits per heavy atom. The quantitative estimate of drug-likeness (QED) is 0.858. The van der Waals surface area contributed by atoms with Crippen LogP contribution in [-0.2, 0) is 10.2 Å². The topological polar surface area (TPSA) is 60.2 Å². The highest BCUT2D eigenvalue weighted by atomic mass is 16.5. The van der Waals surface area contributed by atoms with E-state index < -0.39 is 0 Å². The van der Waals surface area contributed by atoms with Gasteiger partial charge in [0.25, 0.3) is 0 Å². The fourth-order valence-corrected chi connectivity index (χ4v) is 2.76. The van der Waals surface area contributed by atoms with E-state index in [1.165, 1.54) is 0 Å². The van der Waals surface area contributed by atoms with Crippen LogP contribution in [0, 0.1) is 0 Å². The second-order valence-corrected chi connectivity index (χ2v) is 5.22. The third-order valence-electron chi connectivity index (χ3n) is 4.07. The van der Waals surface area contributed by atoms with E-state index in [9.17, 15) is 0 Å². The lowest BCUT2D eigenvalue weighted by atomic mass is 9.78. The lowest BCUT2D eigenvalue weighted by Crippen LogP contribution is -2.43. The molecule has 5 heteroatoms. The summed E-state index contributed by atoms with van der Waals surface area (Å²) in [5, 5.41) is 7.58. The van der Waals surface area contributed by atoms with Crippen molar-refractivity contribution in [1.82, 2.24) is 15.5 Å². The highest BCUT2D eigenvalue weighted by Gasteiger charge is 2.38. The lowest BCUT2D eigenvalue weighted by Gasteiger charge is -2.33. The van der Waals surface area contributed by atoms with Gasteiger partial charge >= 0.3 is 0 Å². The van der Waals surface area contributed by atoms with Crippen molar-refractivity contribution in [2.45, 2.75) is 58.0 Å². The largest absolute Gasteiger partial charge is 0.370 e. The van der Waals surface area contributed by atoms with E-state index in [0.717, 1.165) is 44.7 Å². The van der Waals surface area contributed by atoms with Gasteiger partial charge in [-0.2, -0.15) is 4.98 Å². The molecule has 0 radical (unpaired) electrons. The van der Waals surface area contributed by atoms with Crippen LogP contribution in [0.4, 0.5) is 0 Å². The Morgan fingerprint density at radius 2 is 2.26 bits per heavy atom. The zero-order chi connectivity index (χ0) is 13.7. The monoisotopic (exact) mass is 267 g/mol. The fourth-order valence-electron chi connectivity index (χ4n) is 2.76. The average Bonchev–Trinajstić information content (AvgIpc) is 2.95. The Labute approximate surface area is 115 Å². The summed E-state index contributed by atoms with van der Waals surface area (Å²) in [7, 11) is 0. The van der Waals surface area contributed by atoms with Crippen molar-refractivity contribution in [3.8, 4) is 0 Å². The summed E-state index contributed by atoms with van der Waals surface area (Å²) in [6.45, 7) is 8.94. The molecule has 5 nitrogen and oxygen atoms in total. The first-order valence-electron chi connectivity index (χ1n) is 7.42. The molecule has 0 bridgehead atoms.